The molecule has 11 nitrogen and oxygen atoms in total. The van der Waals surface area contributed by atoms with Crippen molar-refractivity contribution >= 4 is 35.0 Å². The topological polar surface area (TPSA) is 149 Å². The Balaban J connectivity index is 0.000000248. The van der Waals surface area contributed by atoms with Gasteiger partial charge in [-0.1, -0.05) is 54.6 Å². The lowest BCUT2D eigenvalue weighted by molar-refractivity contribution is -0.385. The normalized spacial score (nSPS) is 12.8. The molecular weight excluding hydrogens is 528 g/mol. The summed E-state index contributed by atoms with van der Waals surface area (Å²) in [7, 11) is 2.42. The summed E-state index contributed by atoms with van der Waals surface area (Å²) in [5, 5.41) is 19.9. The van der Waals surface area contributed by atoms with E-state index in [1.165, 1.54) is 32.4 Å². The number of carbonyl (C=O) groups excluding carboxylic acids is 3. The van der Waals surface area contributed by atoms with E-state index in [-0.39, 0.29) is 28.4 Å². The SMILES string of the molecule is COC(=O)C1=C(C)NC(C)=C(C(=O)OC)C1c1ccccc1[N+](=O)[O-].O=C(Nc1ccccc1)Nc1ccccc1. The average molecular weight is 559 g/mol. The molecule has 1 heterocycles. The highest BCUT2D eigenvalue weighted by molar-refractivity contribution is 6.00. The third-order valence-corrected chi connectivity index (χ3v) is 6.08. The van der Waals surface area contributed by atoms with Gasteiger partial charge >= 0.3 is 18.0 Å². The first kappa shape index (κ1) is 30.1. The molecule has 41 heavy (non-hydrogen) atoms. The predicted octanol–water partition coefficient (Wildman–Crippen LogP) is 5.51. The predicted molar refractivity (Wildman–Crippen MR) is 154 cm³/mol. The van der Waals surface area contributed by atoms with Gasteiger partial charge in [0.25, 0.3) is 5.69 Å². The number of para-hydroxylation sites is 3. The van der Waals surface area contributed by atoms with Crippen LogP contribution in [0.2, 0.25) is 0 Å². The monoisotopic (exact) mass is 558 g/mol. The van der Waals surface area contributed by atoms with Gasteiger partial charge in [0.15, 0.2) is 0 Å². The summed E-state index contributed by atoms with van der Waals surface area (Å²) in [6.45, 7) is 3.29. The minimum absolute atomic E-state index is 0.128. The van der Waals surface area contributed by atoms with Crippen molar-refractivity contribution in [1.29, 1.82) is 0 Å². The van der Waals surface area contributed by atoms with Gasteiger partial charge in [-0.15, -0.1) is 0 Å². The fraction of sp³-hybridized carbons (Fsp3) is 0.167. The van der Waals surface area contributed by atoms with Crippen molar-refractivity contribution in [2.45, 2.75) is 19.8 Å². The van der Waals surface area contributed by atoms with Crippen molar-refractivity contribution in [2.75, 3.05) is 24.9 Å². The molecule has 1 aliphatic rings. The summed E-state index contributed by atoms with van der Waals surface area (Å²) >= 11 is 0. The third kappa shape index (κ3) is 7.57. The van der Waals surface area contributed by atoms with Gasteiger partial charge < -0.3 is 25.4 Å². The maximum atomic E-state index is 12.3. The van der Waals surface area contributed by atoms with E-state index in [1.807, 2.05) is 60.7 Å². The molecule has 0 fully saturated rings. The molecule has 3 aromatic carbocycles. The van der Waals surface area contributed by atoms with Crippen LogP contribution in [0.3, 0.4) is 0 Å². The molecule has 212 valence electrons. The van der Waals surface area contributed by atoms with Gasteiger partial charge in [0.05, 0.1) is 36.2 Å². The van der Waals surface area contributed by atoms with Gasteiger partial charge in [-0.25, -0.2) is 14.4 Å². The highest BCUT2D eigenvalue weighted by Crippen LogP contribution is 2.42. The van der Waals surface area contributed by atoms with Gasteiger partial charge in [0, 0.05) is 34.4 Å². The first-order valence-electron chi connectivity index (χ1n) is 12.4. The second-order valence-corrected chi connectivity index (χ2v) is 8.75. The molecule has 0 spiro atoms. The number of urea groups is 1. The van der Waals surface area contributed by atoms with E-state index in [0.717, 1.165) is 11.4 Å². The number of rotatable bonds is 6. The number of carbonyl (C=O) groups is 3. The molecule has 11 heteroatoms. The van der Waals surface area contributed by atoms with Crippen LogP contribution < -0.4 is 16.0 Å². The maximum absolute atomic E-state index is 12.3. The van der Waals surface area contributed by atoms with Gasteiger partial charge in [-0.3, -0.25) is 10.1 Å². The molecule has 4 rings (SSSR count). The number of amides is 2. The zero-order chi connectivity index (χ0) is 29.9. The molecule has 0 unspecified atom stereocenters. The molecule has 0 bridgehead atoms. The van der Waals surface area contributed by atoms with Gasteiger partial charge in [-0.05, 0) is 38.1 Å². The molecule has 2 amide bonds. The zero-order valence-electron chi connectivity index (χ0n) is 23.0. The van der Waals surface area contributed by atoms with E-state index in [1.54, 1.807) is 19.9 Å². The number of dihydropyridines is 1. The van der Waals surface area contributed by atoms with Gasteiger partial charge in [0.2, 0.25) is 0 Å². The van der Waals surface area contributed by atoms with E-state index >= 15 is 0 Å². The number of nitrogens with zero attached hydrogens (tertiary/aromatic N) is 1. The Morgan fingerprint density at radius 3 is 1.56 bits per heavy atom. The molecule has 0 atom stereocenters. The molecular formula is C30H30N4O7. The van der Waals surface area contributed by atoms with Crippen LogP contribution in [0.25, 0.3) is 0 Å². The first-order chi connectivity index (χ1) is 19.7. The quantitative estimate of drug-likeness (QED) is 0.204. The smallest absolute Gasteiger partial charge is 0.336 e. The highest BCUT2D eigenvalue weighted by atomic mass is 16.6. The minimum Gasteiger partial charge on any atom is -0.466 e. The van der Waals surface area contributed by atoms with Crippen LogP contribution in [0.1, 0.15) is 25.3 Å². The standard InChI is InChI=1S/C17H18N2O6.C13H12N2O/c1-9-13(16(20)24-3)15(14(10(2)18-9)17(21)25-4)11-7-5-6-8-12(11)19(22)23;16-13(14-11-7-3-1-4-8-11)15-12-9-5-2-6-10-12/h5-8,15,18H,1-4H3;1-10H,(H2,14,15,16). The summed E-state index contributed by atoms with van der Waals surface area (Å²) in [4.78, 5) is 47.1. The lowest BCUT2D eigenvalue weighted by Crippen LogP contribution is -2.32. The van der Waals surface area contributed by atoms with Crippen LogP contribution in [0.5, 0.6) is 0 Å². The highest BCUT2D eigenvalue weighted by Gasteiger charge is 2.40. The van der Waals surface area contributed by atoms with Crippen LogP contribution in [-0.4, -0.2) is 37.1 Å². The van der Waals surface area contributed by atoms with Crippen LogP contribution in [0, 0.1) is 10.1 Å². The summed E-state index contributed by atoms with van der Waals surface area (Å²) < 4.78 is 9.66. The number of hydrogen-bond acceptors (Lipinski definition) is 8. The molecule has 0 saturated heterocycles. The van der Waals surface area contributed by atoms with Crippen molar-refractivity contribution in [2.24, 2.45) is 0 Å². The Hall–Kier alpha value is -5.45. The number of benzene rings is 3. The lowest BCUT2D eigenvalue weighted by Gasteiger charge is -2.29. The van der Waals surface area contributed by atoms with Crippen LogP contribution in [0.4, 0.5) is 21.9 Å². The molecule has 3 aromatic rings. The summed E-state index contributed by atoms with van der Waals surface area (Å²) in [5.74, 6) is -2.33. The summed E-state index contributed by atoms with van der Waals surface area (Å²) in [5.41, 5.74) is 2.74. The molecule has 3 N–H and O–H groups in total. The number of ether oxygens (including phenoxy) is 2. The van der Waals surface area contributed by atoms with E-state index in [9.17, 15) is 24.5 Å². The van der Waals surface area contributed by atoms with Crippen molar-refractivity contribution in [3.8, 4) is 0 Å². The van der Waals surface area contributed by atoms with Crippen LogP contribution in [0.15, 0.2) is 107 Å². The zero-order valence-corrected chi connectivity index (χ0v) is 23.0. The van der Waals surface area contributed by atoms with Crippen LogP contribution >= 0.6 is 0 Å². The van der Waals surface area contributed by atoms with Gasteiger partial charge in [-0.2, -0.15) is 0 Å². The Morgan fingerprint density at radius 1 is 0.732 bits per heavy atom. The molecule has 0 aliphatic carbocycles. The van der Waals surface area contributed by atoms with Crippen molar-refractivity contribution in [1.82, 2.24) is 5.32 Å². The number of nitrogens with one attached hydrogen (secondary N) is 3. The number of nitro benzene ring substituents is 1. The molecule has 0 saturated carbocycles. The third-order valence-electron chi connectivity index (χ3n) is 6.08. The summed E-state index contributed by atoms with van der Waals surface area (Å²) in [6.07, 6.45) is 0. The van der Waals surface area contributed by atoms with Gasteiger partial charge in [0.1, 0.15) is 0 Å². The van der Waals surface area contributed by atoms with Crippen LogP contribution in [-0.2, 0) is 19.1 Å². The number of esters is 2. The first-order valence-corrected chi connectivity index (χ1v) is 12.4. The van der Waals surface area contributed by atoms with E-state index in [2.05, 4.69) is 16.0 Å². The van der Waals surface area contributed by atoms with E-state index < -0.39 is 22.8 Å². The number of nitro groups is 1. The van der Waals surface area contributed by atoms with Crippen molar-refractivity contribution in [3.63, 3.8) is 0 Å². The Labute approximate surface area is 237 Å². The fourth-order valence-electron chi connectivity index (χ4n) is 4.30. The fourth-order valence-corrected chi connectivity index (χ4v) is 4.30. The van der Waals surface area contributed by atoms with Crippen molar-refractivity contribution in [3.05, 3.63) is 123 Å². The Kier molecular flexibility index (Phi) is 10.3. The van der Waals surface area contributed by atoms with E-state index in [0.29, 0.717) is 11.4 Å². The molecule has 0 radical (unpaired) electrons. The minimum atomic E-state index is -0.970. The van der Waals surface area contributed by atoms with E-state index in [4.69, 9.17) is 9.47 Å². The van der Waals surface area contributed by atoms with Crippen molar-refractivity contribution < 1.29 is 28.8 Å². The molecule has 1 aliphatic heterocycles. The number of hydrogen-bond donors (Lipinski definition) is 3. The lowest BCUT2D eigenvalue weighted by atomic mass is 9.79. The summed E-state index contributed by atoms with van der Waals surface area (Å²) in [6, 6.07) is 24.4. The Morgan fingerprint density at radius 2 is 1.15 bits per heavy atom. The second-order valence-electron chi connectivity index (χ2n) is 8.75. The number of anilines is 2. The maximum Gasteiger partial charge on any atom is 0.336 e. The Bertz CT molecular complexity index is 1400. The second kappa shape index (κ2) is 14.1. The largest absolute Gasteiger partial charge is 0.466 e. The number of methoxy groups -OCH3 is 2. The number of allylic oxidation sites excluding steroid dienone is 2. The average Bonchev–Trinajstić information content (AvgIpc) is 2.97. The molecule has 0 aromatic heterocycles.